The van der Waals surface area contributed by atoms with Gasteiger partial charge in [0.15, 0.2) is 5.17 Å². The third-order valence-electron chi connectivity index (χ3n) is 3.51. The number of carbonyl (C=O) groups is 2. The first-order chi connectivity index (χ1) is 12.1. The summed E-state index contributed by atoms with van der Waals surface area (Å²) < 4.78 is 5.09. The summed E-state index contributed by atoms with van der Waals surface area (Å²) in [4.78, 5) is 28.8. The van der Waals surface area contributed by atoms with Crippen LogP contribution in [0.5, 0.6) is 5.75 Å². The number of hydrogen-bond donors (Lipinski definition) is 2. The van der Waals surface area contributed by atoms with Gasteiger partial charge in [-0.1, -0.05) is 30.0 Å². The molecule has 2 amide bonds. The fourth-order valence-corrected chi connectivity index (χ4v) is 3.26. The zero-order valence-electron chi connectivity index (χ0n) is 13.6. The van der Waals surface area contributed by atoms with Crippen LogP contribution in [0.2, 0.25) is 0 Å². The minimum absolute atomic E-state index is 0.112. The molecule has 128 valence electrons. The maximum atomic E-state index is 12.5. The first-order valence-corrected chi connectivity index (χ1v) is 8.57. The second-order valence-electron chi connectivity index (χ2n) is 5.33. The SMILES string of the molecule is COc1ccc(NC(=O)[C@H]2CC(=O)NC(=Nc3ccccc3)S2)cc1. The van der Waals surface area contributed by atoms with Gasteiger partial charge in [-0.15, -0.1) is 0 Å². The molecule has 0 unspecified atom stereocenters. The molecule has 6 nitrogen and oxygen atoms in total. The Balaban J connectivity index is 1.69. The van der Waals surface area contributed by atoms with Crippen LogP contribution in [0, 0.1) is 0 Å². The number of amidine groups is 1. The summed E-state index contributed by atoms with van der Waals surface area (Å²) in [5.74, 6) is 0.260. The molecule has 1 saturated heterocycles. The van der Waals surface area contributed by atoms with Crippen LogP contribution in [0.15, 0.2) is 59.6 Å². The molecule has 0 saturated carbocycles. The first kappa shape index (κ1) is 17.0. The van der Waals surface area contributed by atoms with Gasteiger partial charge in [0.25, 0.3) is 0 Å². The molecule has 2 N–H and O–H groups in total. The lowest BCUT2D eigenvalue weighted by molar-refractivity contribution is -0.123. The van der Waals surface area contributed by atoms with E-state index < -0.39 is 5.25 Å². The van der Waals surface area contributed by atoms with Crippen molar-refractivity contribution in [2.24, 2.45) is 4.99 Å². The van der Waals surface area contributed by atoms with Crippen LogP contribution in [-0.2, 0) is 9.59 Å². The van der Waals surface area contributed by atoms with E-state index in [9.17, 15) is 9.59 Å². The van der Waals surface area contributed by atoms with E-state index in [1.807, 2.05) is 30.3 Å². The molecule has 1 atom stereocenters. The third kappa shape index (κ3) is 4.60. The van der Waals surface area contributed by atoms with Crippen molar-refractivity contribution in [3.8, 4) is 5.75 Å². The lowest BCUT2D eigenvalue weighted by Gasteiger charge is -2.22. The summed E-state index contributed by atoms with van der Waals surface area (Å²) in [6.45, 7) is 0. The van der Waals surface area contributed by atoms with Crippen LogP contribution in [0.3, 0.4) is 0 Å². The van der Waals surface area contributed by atoms with Gasteiger partial charge in [0.05, 0.1) is 12.8 Å². The van der Waals surface area contributed by atoms with Crippen LogP contribution in [0.1, 0.15) is 6.42 Å². The molecule has 1 aliphatic heterocycles. The van der Waals surface area contributed by atoms with Crippen molar-refractivity contribution in [3.05, 3.63) is 54.6 Å². The minimum atomic E-state index is -0.529. The van der Waals surface area contributed by atoms with Crippen molar-refractivity contribution in [1.82, 2.24) is 5.32 Å². The van der Waals surface area contributed by atoms with E-state index in [0.717, 1.165) is 5.69 Å². The fourth-order valence-electron chi connectivity index (χ4n) is 2.26. The first-order valence-electron chi connectivity index (χ1n) is 7.69. The quantitative estimate of drug-likeness (QED) is 0.884. The number of para-hydroxylation sites is 1. The minimum Gasteiger partial charge on any atom is -0.497 e. The molecule has 1 fully saturated rings. The molecule has 1 aliphatic rings. The van der Waals surface area contributed by atoms with E-state index in [4.69, 9.17) is 4.74 Å². The van der Waals surface area contributed by atoms with Crippen LogP contribution in [-0.4, -0.2) is 29.3 Å². The number of ether oxygens (including phenoxy) is 1. The highest BCUT2D eigenvalue weighted by Crippen LogP contribution is 2.25. The zero-order chi connectivity index (χ0) is 17.6. The number of anilines is 1. The Morgan fingerprint density at radius 3 is 2.60 bits per heavy atom. The number of carbonyl (C=O) groups excluding carboxylic acids is 2. The zero-order valence-corrected chi connectivity index (χ0v) is 14.4. The van der Waals surface area contributed by atoms with Crippen molar-refractivity contribution in [3.63, 3.8) is 0 Å². The summed E-state index contributed by atoms with van der Waals surface area (Å²) >= 11 is 1.25. The molecule has 2 aromatic rings. The Kier molecular flexibility index (Phi) is 5.35. The summed E-state index contributed by atoms with van der Waals surface area (Å²) in [6.07, 6.45) is 0.112. The van der Waals surface area contributed by atoms with Gasteiger partial charge in [0.2, 0.25) is 11.8 Å². The molecule has 1 heterocycles. The number of thioether (sulfide) groups is 1. The molecule has 0 aromatic heterocycles. The summed E-state index contributed by atoms with van der Waals surface area (Å²) in [5.41, 5.74) is 1.38. The van der Waals surface area contributed by atoms with E-state index in [2.05, 4.69) is 15.6 Å². The number of methoxy groups -OCH3 is 1. The Morgan fingerprint density at radius 1 is 1.20 bits per heavy atom. The molecule has 7 heteroatoms. The molecular weight excluding hydrogens is 338 g/mol. The van der Waals surface area contributed by atoms with Crippen LogP contribution in [0.25, 0.3) is 0 Å². The number of aliphatic imine (C=N–C) groups is 1. The van der Waals surface area contributed by atoms with Crippen molar-refractivity contribution in [1.29, 1.82) is 0 Å². The molecular formula is C18H17N3O3S. The van der Waals surface area contributed by atoms with Crippen LogP contribution >= 0.6 is 11.8 Å². The average Bonchev–Trinajstić information content (AvgIpc) is 2.62. The number of nitrogens with one attached hydrogen (secondary N) is 2. The smallest absolute Gasteiger partial charge is 0.238 e. The maximum absolute atomic E-state index is 12.5. The standard InChI is InChI=1S/C18H17N3O3S/c1-24-14-9-7-13(8-10-14)19-17(23)15-11-16(22)21-18(25-15)20-12-5-3-2-4-6-12/h2-10,15H,11H2,1H3,(H,19,23)(H,20,21,22)/t15-/m1/s1. The molecule has 0 bridgehead atoms. The van der Waals surface area contributed by atoms with Gasteiger partial charge in [-0.2, -0.15) is 0 Å². The summed E-state index contributed by atoms with van der Waals surface area (Å²) in [7, 11) is 1.58. The summed E-state index contributed by atoms with van der Waals surface area (Å²) in [5, 5.41) is 5.42. The van der Waals surface area contributed by atoms with Crippen molar-refractivity contribution >= 4 is 40.1 Å². The normalized spacial score (nSPS) is 18.5. The average molecular weight is 355 g/mol. The van der Waals surface area contributed by atoms with Crippen LogP contribution in [0.4, 0.5) is 11.4 Å². The van der Waals surface area contributed by atoms with E-state index in [1.54, 1.807) is 31.4 Å². The van der Waals surface area contributed by atoms with Crippen molar-refractivity contribution < 1.29 is 14.3 Å². The van der Waals surface area contributed by atoms with Crippen molar-refractivity contribution in [2.75, 3.05) is 12.4 Å². The van der Waals surface area contributed by atoms with Gasteiger partial charge in [0, 0.05) is 12.1 Å². The highest BCUT2D eigenvalue weighted by Gasteiger charge is 2.30. The van der Waals surface area contributed by atoms with Gasteiger partial charge >= 0.3 is 0 Å². The number of rotatable bonds is 4. The predicted molar refractivity (Wildman–Crippen MR) is 99.3 cm³/mol. The van der Waals surface area contributed by atoms with E-state index in [0.29, 0.717) is 16.6 Å². The van der Waals surface area contributed by atoms with E-state index in [1.165, 1.54) is 11.8 Å². The predicted octanol–water partition coefficient (Wildman–Crippen LogP) is 2.94. The number of nitrogens with zero attached hydrogens (tertiary/aromatic N) is 1. The second-order valence-corrected chi connectivity index (χ2v) is 6.52. The lowest BCUT2D eigenvalue weighted by atomic mass is 10.2. The molecule has 0 spiro atoms. The largest absolute Gasteiger partial charge is 0.497 e. The van der Waals surface area contributed by atoms with E-state index >= 15 is 0 Å². The van der Waals surface area contributed by atoms with Gasteiger partial charge in [-0.05, 0) is 36.4 Å². The molecule has 0 radical (unpaired) electrons. The van der Waals surface area contributed by atoms with Gasteiger partial charge in [-0.25, -0.2) is 4.99 Å². The monoisotopic (exact) mass is 355 g/mol. The number of benzene rings is 2. The summed E-state index contributed by atoms with van der Waals surface area (Å²) in [6, 6.07) is 16.3. The Hall–Kier alpha value is -2.80. The second kappa shape index (κ2) is 7.85. The number of amides is 2. The molecule has 3 rings (SSSR count). The fraction of sp³-hybridized carbons (Fsp3) is 0.167. The molecule has 0 aliphatic carbocycles. The topological polar surface area (TPSA) is 79.8 Å². The van der Waals surface area contributed by atoms with Crippen molar-refractivity contribution in [2.45, 2.75) is 11.7 Å². The Bertz CT molecular complexity index is 791. The van der Waals surface area contributed by atoms with Gasteiger partial charge < -0.3 is 15.4 Å². The van der Waals surface area contributed by atoms with Gasteiger partial charge in [-0.3, -0.25) is 9.59 Å². The third-order valence-corrected chi connectivity index (χ3v) is 4.59. The highest BCUT2D eigenvalue weighted by molar-refractivity contribution is 8.15. The number of hydrogen-bond acceptors (Lipinski definition) is 5. The molecule has 2 aromatic carbocycles. The molecule has 25 heavy (non-hydrogen) atoms. The van der Waals surface area contributed by atoms with Gasteiger partial charge in [0.1, 0.15) is 11.0 Å². The Morgan fingerprint density at radius 2 is 1.92 bits per heavy atom. The Labute approximate surface area is 149 Å². The van der Waals surface area contributed by atoms with E-state index in [-0.39, 0.29) is 18.2 Å². The van der Waals surface area contributed by atoms with Crippen LogP contribution < -0.4 is 15.4 Å². The highest BCUT2D eigenvalue weighted by atomic mass is 32.2. The lowest BCUT2D eigenvalue weighted by Crippen LogP contribution is -2.41. The maximum Gasteiger partial charge on any atom is 0.238 e.